The number of anilines is 1. The molecule has 0 saturated heterocycles. The number of carbonyl (C=O) groups is 2. The Kier molecular flexibility index (Phi) is 7.28. The largest absolute Gasteiger partial charge is 0.446 e. The molecular formula is C20H19F3N2O2S. The Hall–Kier alpha value is -2.74. The second kappa shape index (κ2) is 9.45. The van der Waals surface area contributed by atoms with Crippen molar-refractivity contribution in [2.24, 2.45) is 0 Å². The number of nitrogens with one attached hydrogen (secondary N) is 2. The first-order valence-corrected chi connectivity index (χ1v) is 9.23. The van der Waals surface area contributed by atoms with E-state index in [9.17, 15) is 22.8 Å². The standard InChI is InChI=1S/C20H19F3N2O2S/c1-3-24-19(27)15-8-4-13(2)17(12-15)25-18(26)11-7-14-5-9-16(10-6-14)28-20(21,22)23/h4-12H,3H2,1-2H3,(H,24,27)(H,25,26)/b11-7+. The van der Waals surface area contributed by atoms with Gasteiger partial charge in [0.05, 0.1) is 0 Å². The Morgan fingerprint density at radius 2 is 1.79 bits per heavy atom. The Morgan fingerprint density at radius 3 is 2.39 bits per heavy atom. The van der Waals surface area contributed by atoms with Crippen molar-refractivity contribution in [3.63, 3.8) is 0 Å². The molecule has 0 fully saturated rings. The first kappa shape index (κ1) is 21.6. The van der Waals surface area contributed by atoms with Crippen LogP contribution in [0.3, 0.4) is 0 Å². The third-order valence-electron chi connectivity index (χ3n) is 3.64. The van der Waals surface area contributed by atoms with Crippen molar-refractivity contribution in [1.29, 1.82) is 0 Å². The van der Waals surface area contributed by atoms with Crippen LogP contribution in [0.4, 0.5) is 18.9 Å². The highest BCUT2D eigenvalue weighted by Crippen LogP contribution is 2.36. The summed E-state index contributed by atoms with van der Waals surface area (Å²) in [6.07, 6.45) is 2.78. The van der Waals surface area contributed by atoms with Crippen molar-refractivity contribution in [3.8, 4) is 0 Å². The molecule has 2 aromatic carbocycles. The van der Waals surface area contributed by atoms with Crippen LogP contribution in [-0.2, 0) is 4.79 Å². The molecule has 8 heteroatoms. The smallest absolute Gasteiger partial charge is 0.352 e. The summed E-state index contributed by atoms with van der Waals surface area (Å²) in [6, 6.07) is 10.7. The number of hydrogen-bond donors (Lipinski definition) is 2. The quantitative estimate of drug-likeness (QED) is 0.522. The van der Waals surface area contributed by atoms with Crippen molar-refractivity contribution in [2.75, 3.05) is 11.9 Å². The average Bonchev–Trinajstić information content (AvgIpc) is 2.62. The highest BCUT2D eigenvalue weighted by molar-refractivity contribution is 8.00. The molecule has 0 aliphatic rings. The number of rotatable bonds is 6. The van der Waals surface area contributed by atoms with Crippen molar-refractivity contribution in [1.82, 2.24) is 5.32 Å². The van der Waals surface area contributed by atoms with Crippen LogP contribution < -0.4 is 10.6 Å². The molecule has 2 aromatic rings. The molecule has 2 rings (SSSR count). The van der Waals surface area contributed by atoms with E-state index in [4.69, 9.17) is 0 Å². The Labute approximate surface area is 165 Å². The van der Waals surface area contributed by atoms with Gasteiger partial charge in [-0.25, -0.2) is 0 Å². The van der Waals surface area contributed by atoms with E-state index in [1.165, 1.54) is 36.4 Å². The number of halogens is 3. The molecule has 0 atom stereocenters. The third kappa shape index (κ3) is 6.77. The lowest BCUT2D eigenvalue weighted by Gasteiger charge is -2.09. The van der Waals surface area contributed by atoms with E-state index in [1.807, 2.05) is 6.92 Å². The summed E-state index contributed by atoms with van der Waals surface area (Å²) in [5.41, 5.74) is -2.00. The van der Waals surface area contributed by atoms with Crippen LogP contribution >= 0.6 is 11.8 Å². The van der Waals surface area contributed by atoms with E-state index >= 15 is 0 Å². The fourth-order valence-electron chi connectivity index (χ4n) is 2.29. The van der Waals surface area contributed by atoms with Gasteiger partial charge in [-0.1, -0.05) is 18.2 Å². The molecular weight excluding hydrogens is 389 g/mol. The zero-order valence-corrected chi connectivity index (χ0v) is 16.1. The van der Waals surface area contributed by atoms with Crippen molar-refractivity contribution in [3.05, 3.63) is 65.2 Å². The van der Waals surface area contributed by atoms with Crippen LogP contribution in [0.25, 0.3) is 6.08 Å². The van der Waals surface area contributed by atoms with Crippen LogP contribution in [0.2, 0.25) is 0 Å². The predicted molar refractivity (Wildman–Crippen MR) is 105 cm³/mol. The van der Waals surface area contributed by atoms with Crippen LogP contribution in [0, 0.1) is 6.92 Å². The zero-order valence-electron chi connectivity index (χ0n) is 15.3. The molecule has 2 amide bonds. The summed E-state index contributed by atoms with van der Waals surface area (Å²) in [5, 5.41) is 5.39. The fourth-order valence-corrected chi connectivity index (χ4v) is 2.83. The number of benzene rings is 2. The third-order valence-corrected chi connectivity index (χ3v) is 4.38. The minimum atomic E-state index is -4.34. The number of alkyl halides is 3. The number of carbonyl (C=O) groups excluding carboxylic acids is 2. The van der Waals surface area contributed by atoms with E-state index in [0.29, 0.717) is 23.4 Å². The molecule has 0 aliphatic carbocycles. The molecule has 0 unspecified atom stereocenters. The summed E-state index contributed by atoms with van der Waals surface area (Å²) in [7, 11) is 0. The lowest BCUT2D eigenvalue weighted by Crippen LogP contribution is -2.23. The normalized spacial score (nSPS) is 11.5. The Balaban J connectivity index is 2.03. The summed E-state index contributed by atoms with van der Waals surface area (Å²) >= 11 is -0.192. The number of aryl methyl sites for hydroxylation is 1. The van der Waals surface area contributed by atoms with Gasteiger partial charge in [-0.3, -0.25) is 9.59 Å². The summed E-state index contributed by atoms with van der Waals surface area (Å²) in [5.74, 6) is -0.643. The zero-order chi connectivity index (χ0) is 20.7. The molecule has 0 spiro atoms. The van der Waals surface area contributed by atoms with Crippen molar-refractivity contribution in [2.45, 2.75) is 24.3 Å². The Morgan fingerprint density at radius 1 is 1.11 bits per heavy atom. The fraction of sp³-hybridized carbons (Fsp3) is 0.200. The van der Waals surface area contributed by atoms with Gasteiger partial charge < -0.3 is 10.6 Å². The van der Waals surface area contributed by atoms with Gasteiger partial charge in [-0.05, 0) is 67.1 Å². The van der Waals surface area contributed by atoms with E-state index < -0.39 is 11.4 Å². The second-order valence-corrected chi connectivity index (χ2v) is 6.97. The van der Waals surface area contributed by atoms with Gasteiger partial charge in [0, 0.05) is 28.8 Å². The number of amides is 2. The van der Waals surface area contributed by atoms with E-state index in [0.717, 1.165) is 5.56 Å². The van der Waals surface area contributed by atoms with Gasteiger partial charge in [-0.15, -0.1) is 0 Å². The van der Waals surface area contributed by atoms with E-state index in [2.05, 4.69) is 10.6 Å². The van der Waals surface area contributed by atoms with Crippen LogP contribution in [0.5, 0.6) is 0 Å². The number of hydrogen-bond acceptors (Lipinski definition) is 3. The van der Waals surface area contributed by atoms with E-state index in [1.54, 1.807) is 25.1 Å². The lowest BCUT2D eigenvalue weighted by molar-refractivity contribution is -0.111. The monoisotopic (exact) mass is 408 g/mol. The first-order valence-electron chi connectivity index (χ1n) is 8.41. The average molecular weight is 408 g/mol. The summed E-state index contributed by atoms with van der Waals surface area (Å²) in [6.45, 7) is 4.11. The first-order chi connectivity index (χ1) is 13.2. The number of thioether (sulfide) groups is 1. The minimum Gasteiger partial charge on any atom is -0.352 e. The van der Waals surface area contributed by atoms with Crippen LogP contribution in [0.1, 0.15) is 28.4 Å². The summed E-state index contributed by atoms with van der Waals surface area (Å²) in [4.78, 5) is 24.1. The molecule has 0 saturated carbocycles. The topological polar surface area (TPSA) is 58.2 Å². The van der Waals surface area contributed by atoms with Gasteiger partial charge in [-0.2, -0.15) is 13.2 Å². The van der Waals surface area contributed by atoms with Crippen LogP contribution in [-0.4, -0.2) is 23.9 Å². The molecule has 148 valence electrons. The van der Waals surface area contributed by atoms with Gasteiger partial charge in [0.25, 0.3) is 5.91 Å². The maximum atomic E-state index is 12.3. The van der Waals surface area contributed by atoms with Gasteiger partial charge in [0.2, 0.25) is 5.91 Å². The molecule has 0 heterocycles. The minimum absolute atomic E-state index is 0.0758. The second-order valence-electron chi connectivity index (χ2n) is 5.83. The molecule has 0 aromatic heterocycles. The van der Waals surface area contributed by atoms with Crippen LogP contribution in [0.15, 0.2) is 53.4 Å². The lowest BCUT2D eigenvalue weighted by atomic mass is 10.1. The molecule has 28 heavy (non-hydrogen) atoms. The highest BCUT2D eigenvalue weighted by Gasteiger charge is 2.28. The van der Waals surface area contributed by atoms with E-state index in [-0.39, 0.29) is 22.6 Å². The molecule has 0 radical (unpaired) electrons. The SMILES string of the molecule is CCNC(=O)c1ccc(C)c(NC(=O)/C=C/c2ccc(SC(F)(F)F)cc2)c1. The Bertz CT molecular complexity index is 878. The molecule has 4 nitrogen and oxygen atoms in total. The highest BCUT2D eigenvalue weighted by atomic mass is 32.2. The van der Waals surface area contributed by atoms with Gasteiger partial charge >= 0.3 is 5.51 Å². The maximum Gasteiger partial charge on any atom is 0.446 e. The van der Waals surface area contributed by atoms with Gasteiger partial charge in [0.15, 0.2) is 0 Å². The molecule has 0 aliphatic heterocycles. The maximum absolute atomic E-state index is 12.3. The predicted octanol–water partition coefficient (Wildman–Crippen LogP) is 5.01. The molecule has 0 bridgehead atoms. The summed E-state index contributed by atoms with van der Waals surface area (Å²) < 4.78 is 37.0. The van der Waals surface area contributed by atoms with Gasteiger partial charge in [0.1, 0.15) is 0 Å². The van der Waals surface area contributed by atoms with Crippen molar-refractivity contribution >= 4 is 35.3 Å². The van der Waals surface area contributed by atoms with Crippen molar-refractivity contribution < 1.29 is 22.8 Å². The molecule has 2 N–H and O–H groups in total.